The molecule has 0 aromatic heterocycles. The molecule has 1 aliphatic rings. The second kappa shape index (κ2) is 4.43. The molecule has 16 heavy (non-hydrogen) atoms. The molecule has 0 bridgehead atoms. The second-order valence-electron chi connectivity index (χ2n) is 3.86. The predicted molar refractivity (Wildman–Crippen MR) is 64.1 cm³/mol. The van der Waals surface area contributed by atoms with Crippen molar-refractivity contribution in [1.29, 1.82) is 0 Å². The van der Waals surface area contributed by atoms with Crippen LogP contribution in [0, 0.1) is 0 Å². The van der Waals surface area contributed by atoms with Crippen molar-refractivity contribution in [3.8, 4) is 0 Å². The second-order valence-corrected chi connectivity index (χ2v) is 3.86. The van der Waals surface area contributed by atoms with Gasteiger partial charge in [0.25, 0.3) is 0 Å². The molecule has 0 aliphatic carbocycles. The summed E-state index contributed by atoms with van der Waals surface area (Å²) in [5.74, 6) is 0. The van der Waals surface area contributed by atoms with Crippen LogP contribution in [0.2, 0.25) is 0 Å². The van der Waals surface area contributed by atoms with Crippen LogP contribution in [0.4, 0.5) is 16.2 Å². The molecule has 0 atom stereocenters. The summed E-state index contributed by atoms with van der Waals surface area (Å²) < 4.78 is 4.83. The number of amides is 1. The van der Waals surface area contributed by atoms with Gasteiger partial charge in [0.05, 0.1) is 6.61 Å². The Labute approximate surface area is 95.2 Å². The third-order valence-corrected chi connectivity index (χ3v) is 2.73. The summed E-state index contributed by atoms with van der Waals surface area (Å²) in [4.78, 5) is 13.4. The first kappa shape index (κ1) is 10.8. The molecule has 4 nitrogen and oxygen atoms in total. The van der Waals surface area contributed by atoms with Gasteiger partial charge in [0.1, 0.15) is 0 Å². The van der Waals surface area contributed by atoms with E-state index in [1.165, 1.54) is 11.3 Å². The summed E-state index contributed by atoms with van der Waals surface area (Å²) in [7, 11) is 2.07. The fourth-order valence-electron chi connectivity index (χ4n) is 1.93. The highest BCUT2D eigenvalue weighted by molar-refractivity contribution is 5.85. The molecular formula is C12H16N2O2. The number of nitrogens with zero attached hydrogens (tertiary/aromatic N) is 1. The molecule has 1 aliphatic heterocycles. The zero-order chi connectivity index (χ0) is 11.5. The molecular weight excluding hydrogens is 204 g/mol. The molecule has 1 amide bonds. The number of nitrogens with one attached hydrogen (secondary N) is 1. The highest BCUT2D eigenvalue weighted by Crippen LogP contribution is 2.29. The molecule has 1 heterocycles. The normalized spacial score (nSPS) is 13.5. The Bertz CT molecular complexity index is 404. The fraction of sp³-hybridized carbons (Fsp3) is 0.417. The third-order valence-electron chi connectivity index (χ3n) is 2.73. The Hall–Kier alpha value is -1.71. The number of hydrogen-bond acceptors (Lipinski definition) is 3. The Kier molecular flexibility index (Phi) is 2.99. The lowest BCUT2D eigenvalue weighted by molar-refractivity contribution is 0.168. The van der Waals surface area contributed by atoms with Crippen LogP contribution in [0.3, 0.4) is 0 Å². The third kappa shape index (κ3) is 2.10. The number of anilines is 2. The van der Waals surface area contributed by atoms with Crippen LogP contribution in [0.1, 0.15) is 12.5 Å². The SMILES string of the molecule is CCOC(=O)Nc1ccc2c(c1)CCN2C. The van der Waals surface area contributed by atoms with E-state index in [0.717, 1.165) is 18.7 Å². The molecule has 0 saturated carbocycles. The monoisotopic (exact) mass is 220 g/mol. The van der Waals surface area contributed by atoms with E-state index in [1.807, 2.05) is 18.2 Å². The number of carbonyl (C=O) groups is 1. The average molecular weight is 220 g/mol. The number of rotatable bonds is 2. The van der Waals surface area contributed by atoms with Crippen molar-refractivity contribution in [3.05, 3.63) is 23.8 Å². The molecule has 1 aromatic rings. The Morgan fingerprint density at radius 3 is 3.12 bits per heavy atom. The van der Waals surface area contributed by atoms with Crippen LogP contribution in [0.15, 0.2) is 18.2 Å². The van der Waals surface area contributed by atoms with Crippen molar-refractivity contribution < 1.29 is 9.53 Å². The minimum Gasteiger partial charge on any atom is -0.450 e. The quantitative estimate of drug-likeness (QED) is 0.831. The summed E-state index contributed by atoms with van der Waals surface area (Å²) >= 11 is 0. The fourth-order valence-corrected chi connectivity index (χ4v) is 1.93. The number of hydrogen-bond donors (Lipinski definition) is 1. The van der Waals surface area contributed by atoms with Crippen molar-refractivity contribution in [3.63, 3.8) is 0 Å². The van der Waals surface area contributed by atoms with Crippen LogP contribution in [0.25, 0.3) is 0 Å². The van der Waals surface area contributed by atoms with Gasteiger partial charge in [-0.05, 0) is 37.1 Å². The van der Waals surface area contributed by atoms with Crippen molar-refractivity contribution >= 4 is 17.5 Å². The van der Waals surface area contributed by atoms with Gasteiger partial charge in [-0.1, -0.05) is 0 Å². The maximum Gasteiger partial charge on any atom is 0.411 e. The van der Waals surface area contributed by atoms with E-state index in [1.54, 1.807) is 6.92 Å². The lowest BCUT2D eigenvalue weighted by atomic mass is 10.1. The van der Waals surface area contributed by atoms with Crippen LogP contribution in [-0.4, -0.2) is 26.3 Å². The summed E-state index contributed by atoms with van der Waals surface area (Å²) in [5, 5.41) is 2.71. The van der Waals surface area contributed by atoms with Crippen molar-refractivity contribution in [2.45, 2.75) is 13.3 Å². The van der Waals surface area contributed by atoms with Gasteiger partial charge in [0.2, 0.25) is 0 Å². The zero-order valence-electron chi connectivity index (χ0n) is 9.62. The lowest BCUT2D eigenvalue weighted by Crippen LogP contribution is -2.13. The Morgan fingerprint density at radius 1 is 1.56 bits per heavy atom. The number of fused-ring (bicyclic) bond motifs is 1. The van der Waals surface area contributed by atoms with Crippen molar-refractivity contribution in [2.75, 3.05) is 30.4 Å². The molecule has 1 N–H and O–H groups in total. The van der Waals surface area contributed by atoms with E-state index in [0.29, 0.717) is 6.61 Å². The maximum atomic E-state index is 11.2. The molecule has 1 aromatic carbocycles. The van der Waals surface area contributed by atoms with E-state index >= 15 is 0 Å². The summed E-state index contributed by atoms with van der Waals surface area (Å²) in [6.07, 6.45) is 0.637. The number of ether oxygens (including phenoxy) is 1. The molecule has 0 fully saturated rings. The minimum absolute atomic E-state index is 0.388. The smallest absolute Gasteiger partial charge is 0.411 e. The molecule has 0 radical (unpaired) electrons. The maximum absolute atomic E-state index is 11.2. The Morgan fingerprint density at radius 2 is 2.38 bits per heavy atom. The summed E-state index contributed by atoms with van der Waals surface area (Å²) in [5.41, 5.74) is 3.32. The topological polar surface area (TPSA) is 41.6 Å². The molecule has 0 unspecified atom stereocenters. The first-order valence-corrected chi connectivity index (χ1v) is 5.48. The molecule has 0 saturated heterocycles. The summed E-state index contributed by atoms with van der Waals surface area (Å²) in [6, 6.07) is 5.94. The molecule has 0 spiro atoms. The van der Waals surface area contributed by atoms with Crippen LogP contribution < -0.4 is 10.2 Å². The van der Waals surface area contributed by atoms with Gasteiger partial charge in [0.15, 0.2) is 0 Å². The van der Waals surface area contributed by atoms with Gasteiger partial charge in [-0.3, -0.25) is 5.32 Å². The highest BCUT2D eigenvalue weighted by atomic mass is 16.5. The predicted octanol–water partition coefficient (Wildman–Crippen LogP) is 2.25. The van der Waals surface area contributed by atoms with Gasteiger partial charge >= 0.3 is 6.09 Å². The van der Waals surface area contributed by atoms with Gasteiger partial charge in [-0.25, -0.2) is 4.79 Å². The van der Waals surface area contributed by atoms with Gasteiger partial charge in [0, 0.05) is 25.0 Å². The number of benzene rings is 1. The van der Waals surface area contributed by atoms with E-state index in [-0.39, 0.29) is 0 Å². The van der Waals surface area contributed by atoms with E-state index in [9.17, 15) is 4.79 Å². The average Bonchev–Trinajstić information content (AvgIpc) is 2.60. The van der Waals surface area contributed by atoms with Gasteiger partial charge in [-0.2, -0.15) is 0 Å². The minimum atomic E-state index is -0.395. The molecule has 2 rings (SSSR count). The van der Waals surface area contributed by atoms with Gasteiger partial charge in [-0.15, -0.1) is 0 Å². The Balaban J connectivity index is 2.10. The first-order chi connectivity index (χ1) is 7.70. The molecule has 4 heteroatoms. The van der Waals surface area contributed by atoms with Crippen molar-refractivity contribution in [2.24, 2.45) is 0 Å². The van der Waals surface area contributed by atoms with Crippen molar-refractivity contribution in [1.82, 2.24) is 0 Å². The highest BCUT2D eigenvalue weighted by Gasteiger charge is 2.15. The zero-order valence-corrected chi connectivity index (χ0v) is 9.62. The number of likely N-dealkylation sites (N-methyl/N-ethyl adjacent to an activating group) is 1. The van der Waals surface area contributed by atoms with E-state index in [4.69, 9.17) is 4.74 Å². The lowest BCUT2D eigenvalue weighted by Gasteiger charge is -2.12. The molecule has 86 valence electrons. The van der Waals surface area contributed by atoms with E-state index < -0.39 is 6.09 Å². The van der Waals surface area contributed by atoms with Crippen LogP contribution >= 0.6 is 0 Å². The van der Waals surface area contributed by atoms with Gasteiger partial charge < -0.3 is 9.64 Å². The summed E-state index contributed by atoms with van der Waals surface area (Å²) in [6.45, 7) is 3.22. The van der Waals surface area contributed by atoms with Crippen LogP contribution in [0.5, 0.6) is 0 Å². The largest absolute Gasteiger partial charge is 0.450 e. The van der Waals surface area contributed by atoms with E-state index in [2.05, 4.69) is 17.3 Å². The first-order valence-electron chi connectivity index (χ1n) is 5.48. The standard InChI is InChI=1S/C12H16N2O2/c1-3-16-12(15)13-10-4-5-11-9(8-10)6-7-14(11)2/h4-5,8H,3,6-7H2,1-2H3,(H,13,15). The number of carbonyl (C=O) groups excluding carboxylic acids is 1. The van der Waals surface area contributed by atoms with Crippen LogP contribution in [-0.2, 0) is 11.2 Å².